The average Bonchev–Trinajstić information content (AvgIpc) is 3.25. The molecule has 0 spiro atoms. The molecule has 0 amide bonds. The zero-order valence-electron chi connectivity index (χ0n) is 38.9. The molecule has 0 aromatic carbocycles. The van der Waals surface area contributed by atoms with Gasteiger partial charge in [0.1, 0.15) is 6.61 Å². The molecular weight excluding hydrogens is 741 g/mol. The van der Waals surface area contributed by atoms with Gasteiger partial charge in [-0.25, -0.2) is 0 Å². The van der Waals surface area contributed by atoms with Crippen molar-refractivity contribution in [2.75, 3.05) is 13.2 Å². The second-order valence-electron chi connectivity index (χ2n) is 16.2. The standard InChI is InChI=1S/C55H92O5/c1-3-5-7-9-11-13-15-17-19-21-23-24-25-26-27-28-29-30-32-34-36-38-40-42-44-46-48-50-55(58)60-53(51-56)52-59-54(57)49-47-45-43-41-39-37-35-33-31-22-20-18-16-14-12-10-8-6-4-2/h5,7,11,13,17,19,23-24,26-27,29-30,34,36,40,42,53,56H,3-4,6,8-10,12,14-16,18,20-22,25,28,31-33,35,37-39,41,43-52H2,1-2H3/b7-5-,13-11-,19-17-,24-23-,27-26-,30-29-,36-34-,42-40-. The molecule has 0 aliphatic heterocycles. The van der Waals surface area contributed by atoms with Gasteiger partial charge in [-0.05, 0) is 77.0 Å². The molecule has 0 bridgehead atoms. The van der Waals surface area contributed by atoms with E-state index in [1.54, 1.807) is 0 Å². The summed E-state index contributed by atoms with van der Waals surface area (Å²) in [4.78, 5) is 24.4. The number of hydrogen-bond acceptors (Lipinski definition) is 5. The van der Waals surface area contributed by atoms with Crippen LogP contribution in [0, 0.1) is 0 Å². The Morgan fingerprint density at radius 2 is 0.717 bits per heavy atom. The van der Waals surface area contributed by atoms with E-state index in [0.717, 1.165) is 89.9 Å². The number of unbranched alkanes of at least 4 members (excludes halogenated alkanes) is 20. The van der Waals surface area contributed by atoms with Crippen LogP contribution in [-0.4, -0.2) is 36.4 Å². The van der Waals surface area contributed by atoms with Crippen molar-refractivity contribution in [3.63, 3.8) is 0 Å². The van der Waals surface area contributed by atoms with Gasteiger partial charge in [0.05, 0.1) is 6.61 Å². The maximum atomic E-state index is 12.2. The van der Waals surface area contributed by atoms with Gasteiger partial charge in [0, 0.05) is 12.8 Å². The van der Waals surface area contributed by atoms with Crippen LogP contribution < -0.4 is 0 Å². The highest BCUT2D eigenvalue weighted by atomic mass is 16.6. The second kappa shape index (κ2) is 50.2. The first kappa shape index (κ1) is 56.8. The number of carbonyl (C=O) groups excluding carboxylic acids is 2. The Morgan fingerprint density at radius 1 is 0.400 bits per heavy atom. The van der Waals surface area contributed by atoms with Gasteiger partial charge in [-0.2, -0.15) is 0 Å². The number of hydrogen-bond donors (Lipinski definition) is 1. The Morgan fingerprint density at radius 3 is 1.08 bits per heavy atom. The van der Waals surface area contributed by atoms with Crippen molar-refractivity contribution in [2.24, 2.45) is 0 Å². The van der Waals surface area contributed by atoms with E-state index in [9.17, 15) is 14.7 Å². The van der Waals surface area contributed by atoms with Gasteiger partial charge < -0.3 is 14.6 Å². The van der Waals surface area contributed by atoms with E-state index in [-0.39, 0.29) is 25.2 Å². The molecule has 0 radical (unpaired) electrons. The Hall–Kier alpha value is -3.18. The van der Waals surface area contributed by atoms with Gasteiger partial charge in [-0.3, -0.25) is 9.59 Å². The van der Waals surface area contributed by atoms with Crippen molar-refractivity contribution >= 4 is 11.9 Å². The number of carbonyl (C=O) groups is 2. The van der Waals surface area contributed by atoms with Gasteiger partial charge in [0.25, 0.3) is 0 Å². The summed E-state index contributed by atoms with van der Waals surface area (Å²) in [5, 5.41) is 9.61. The molecule has 60 heavy (non-hydrogen) atoms. The van der Waals surface area contributed by atoms with Crippen LogP contribution in [0.1, 0.15) is 219 Å². The van der Waals surface area contributed by atoms with Crippen LogP contribution in [0.15, 0.2) is 97.2 Å². The third-order valence-electron chi connectivity index (χ3n) is 10.4. The third-order valence-corrected chi connectivity index (χ3v) is 10.4. The highest BCUT2D eigenvalue weighted by molar-refractivity contribution is 5.70. The zero-order valence-corrected chi connectivity index (χ0v) is 38.9. The quantitative estimate of drug-likeness (QED) is 0.0376. The van der Waals surface area contributed by atoms with E-state index in [0.29, 0.717) is 12.8 Å². The number of ether oxygens (including phenoxy) is 2. The number of aliphatic hydroxyl groups excluding tert-OH is 1. The molecule has 0 aromatic heterocycles. The predicted octanol–water partition coefficient (Wildman–Crippen LogP) is 16.4. The molecule has 0 heterocycles. The van der Waals surface area contributed by atoms with Crippen molar-refractivity contribution < 1.29 is 24.2 Å². The van der Waals surface area contributed by atoms with E-state index in [4.69, 9.17) is 9.47 Å². The maximum absolute atomic E-state index is 12.2. The number of allylic oxidation sites excluding steroid dienone is 16. The summed E-state index contributed by atoms with van der Waals surface area (Å²) in [6.07, 6.45) is 70.6. The summed E-state index contributed by atoms with van der Waals surface area (Å²) >= 11 is 0. The summed E-state index contributed by atoms with van der Waals surface area (Å²) in [6.45, 7) is 4.00. The topological polar surface area (TPSA) is 72.8 Å². The lowest BCUT2D eigenvalue weighted by Crippen LogP contribution is -2.28. The van der Waals surface area contributed by atoms with E-state index in [1.165, 1.54) is 103 Å². The van der Waals surface area contributed by atoms with Crippen LogP contribution in [0.25, 0.3) is 0 Å². The van der Waals surface area contributed by atoms with Gasteiger partial charge in [0.2, 0.25) is 0 Å². The first-order valence-electron chi connectivity index (χ1n) is 24.8. The average molecular weight is 833 g/mol. The summed E-state index contributed by atoms with van der Waals surface area (Å²) < 4.78 is 10.6. The fourth-order valence-corrected chi connectivity index (χ4v) is 6.69. The lowest BCUT2D eigenvalue weighted by molar-refractivity contribution is -0.161. The Labute approximate surface area is 370 Å². The molecule has 342 valence electrons. The first-order valence-corrected chi connectivity index (χ1v) is 24.8. The molecule has 0 aliphatic rings. The minimum absolute atomic E-state index is 0.0868. The summed E-state index contributed by atoms with van der Waals surface area (Å²) in [6, 6.07) is 0. The first-order chi connectivity index (χ1) is 29.6. The zero-order chi connectivity index (χ0) is 43.5. The van der Waals surface area contributed by atoms with Crippen molar-refractivity contribution in [2.45, 2.75) is 225 Å². The molecule has 0 saturated carbocycles. The highest BCUT2D eigenvalue weighted by Crippen LogP contribution is 2.15. The van der Waals surface area contributed by atoms with Gasteiger partial charge >= 0.3 is 11.9 Å². The predicted molar refractivity (Wildman–Crippen MR) is 260 cm³/mol. The smallest absolute Gasteiger partial charge is 0.306 e. The molecular formula is C55H92O5. The van der Waals surface area contributed by atoms with Gasteiger partial charge in [0.15, 0.2) is 6.10 Å². The number of aliphatic hydroxyl groups is 1. The SMILES string of the molecule is CC/C=C\C/C=C\C/C=C\C/C=C\C/C=C\C/C=C\C/C=C\C/C=C\CCCCC(=O)OC(CO)COC(=O)CCCCCCCCCCCCCCCCCCCCC. The lowest BCUT2D eigenvalue weighted by atomic mass is 10.0. The molecule has 0 aromatic rings. The molecule has 0 saturated heterocycles. The molecule has 5 nitrogen and oxygen atoms in total. The van der Waals surface area contributed by atoms with Crippen LogP contribution in [-0.2, 0) is 19.1 Å². The van der Waals surface area contributed by atoms with Crippen molar-refractivity contribution in [3.8, 4) is 0 Å². The minimum atomic E-state index is -0.800. The molecule has 5 heteroatoms. The Balaban J connectivity index is 3.65. The Kier molecular flexibility index (Phi) is 47.5. The fourth-order valence-electron chi connectivity index (χ4n) is 6.69. The molecule has 1 atom stereocenters. The largest absolute Gasteiger partial charge is 0.462 e. The highest BCUT2D eigenvalue weighted by Gasteiger charge is 2.16. The summed E-state index contributed by atoms with van der Waals surface area (Å²) in [5.41, 5.74) is 0. The molecule has 0 rings (SSSR count). The van der Waals surface area contributed by atoms with Crippen LogP contribution in [0.4, 0.5) is 0 Å². The fraction of sp³-hybridized carbons (Fsp3) is 0.673. The van der Waals surface area contributed by atoms with E-state index in [2.05, 4.69) is 111 Å². The second-order valence-corrected chi connectivity index (χ2v) is 16.2. The minimum Gasteiger partial charge on any atom is -0.462 e. The van der Waals surface area contributed by atoms with Crippen LogP contribution in [0.5, 0.6) is 0 Å². The normalized spacial score (nSPS) is 13.1. The van der Waals surface area contributed by atoms with Crippen LogP contribution in [0.2, 0.25) is 0 Å². The van der Waals surface area contributed by atoms with Crippen molar-refractivity contribution in [1.82, 2.24) is 0 Å². The van der Waals surface area contributed by atoms with Crippen LogP contribution in [0.3, 0.4) is 0 Å². The van der Waals surface area contributed by atoms with Crippen LogP contribution >= 0.6 is 0 Å². The van der Waals surface area contributed by atoms with E-state index in [1.807, 2.05) is 0 Å². The van der Waals surface area contributed by atoms with Crippen molar-refractivity contribution in [1.29, 1.82) is 0 Å². The van der Waals surface area contributed by atoms with E-state index < -0.39 is 6.10 Å². The molecule has 1 unspecified atom stereocenters. The number of rotatable bonds is 44. The maximum Gasteiger partial charge on any atom is 0.306 e. The lowest BCUT2D eigenvalue weighted by Gasteiger charge is -2.15. The number of esters is 2. The summed E-state index contributed by atoms with van der Waals surface area (Å²) in [7, 11) is 0. The monoisotopic (exact) mass is 833 g/mol. The van der Waals surface area contributed by atoms with Gasteiger partial charge in [-0.15, -0.1) is 0 Å². The Bertz CT molecular complexity index is 1170. The summed E-state index contributed by atoms with van der Waals surface area (Å²) in [5.74, 6) is -0.642. The molecule has 1 N–H and O–H groups in total. The van der Waals surface area contributed by atoms with Gasteiger partial charge in [-0.1, -0.05) is 227 Å². The molecule has 0 aliphatic carbocycles. The van der Waals surface area contributed by atoms with Crippen molar-refractivity contribution in [3.05, 3.63) is 97.2 Å². The van der Waals surface area contributed by atoms with E-state index >= 15 is 0 Å². The third kappa shape index (κ3) is 47.5. The molecule has 0 fully saturated rings.